The fraction of sp³-hybridized carbons (Fsp3) is 0.0800. The fourth-order valence-electron chi connectivity index (χ4n) is 3.17. The fourth-order valence-corrected chi connectivity index (χ4v) is 4.31. The Labute approximate surface area is 210 Å². The SMILES string of the molecule is O=C(COc1ccccc1/C=C1\SC(=O)N(Cc2ccc(Cl)cc2)C1=O)Nc1ccccc1Cl. The van der Waals surface area contributed by atoms with Gasteiger partial charge in [0.1, 0.15) is 5.75 Å². The molecule has 3 amide bonds. The van der Waals surface area contributed by atoms with E-state index in [1.54, 1.807) is 78.9 Å². The van der Waals surface area contributed by atoms with Crippen molar-refractivity contribution in [1.29, 1.82) is 0 Å². The first kappa shape index (κ1) is 23.9. The molecule has 34 heavy (non-hydrogen) atoms. The van der Waals surface area contributed by atoms with Gasteiger partial charge in [0.2, 0.25) is 0 Å². The summed E-state index contributed by atoms with van der Waals surface area (Å²) in [7, 11) is 0. The van der Waals surface area contributed by atoms with E-state index >= 15 is 0 Å². The molecular formula is C25H18Cl2N2O4S. The van der Waals surface area contributed by atoms with Crippen molar-refractivity contribution in [1.82, 2.24) is 4.90 Å². The Morgan fingerprint density at radius 3 is 2.44 bits per heavy atom. The monoisotopic (exact) mass is 512 g/mol. The highest BCUT2D eigenvalue weighted by molar-refractivity contribution is 8.18. The second-order valence-electron chi connectivity index (χ2n) is 7.25. The van der Waals surface area contributed by atoms with Crippen molar-refractivity contribution in [2.24, 2.45) is 0 Å². The zero-order valence-electron chi connectivity index (χ0n) is 17.7. The molecule has 4 rings (SSSR count). The second kappa shape index (κ2) is 10.8. The first-order valence-electron chi connectivity index (χ1n) is 10.2. The van der Waals surface area contributed by atoms with E-state index in [1.165, 1.54) is 4.90 Å². The van der Waals surface area contributed by atoms with Crippen LogP contribution in [0.25, 0.3) is 6.08 Å². The van der Waals surface area contributed by atoms with Gasteiger partial charge in [-0.1, -0.05) is 65.7 Å². The summed E-state index contributed by atoms with van der Waals surface area (Å²) in [5.74, 6) is -0.372. The quantitative estimate of drug-likeness (QED) is 0.378. The molecule has 9 heteroatoms. The highest BCUT2D eigenvalue weighted by Gasteiger charge is 2.35. The van der Waals surface area contributed by atoms with E-state index < -0.39 is 5.91 Å². The van der Waals surface area contributed by atoms with Crippen molar-refractivity contribution in [3.8, 4) is 5.75 Å². The van der Waals surface area contributed by atoms with Crippen molar-refractivity contribution < 1.29 is 19.1 Å². The van der Waals surface area contributed by atoms with Gasteiger partial charge in [0.15, 0.2) is 6.61 Å². The molecule has 0 aliphatic carbocycles. The lowest BCUT2D eigenvalue weighted by molar-refractivity contribution is -0.123. The van der Waals surface area contributed by atoms with Crippen molar-refractivity contribution >= 4 is 63.8 Å². The number of carbonyl (C=O) groups is 3. The molecule has 0 aromatic heterocycles. The van der Waals surface area contributed by atoms with Gasteiger partial charge in [-0.05, 0) is 53.7 Å². The molecule has 0 atom stereocenters. The molecule has 1 fully saturated rings. The van der Waals surface area contributed by atoms with Crippen LogP contribution in [-0.2, 0) is 16.1 Å². The van der Waals surface area contributed by atoms with E-state index in [-0.39, 0.29) is 29.2 Å². The summed E-state index contributed by atoms with van der Waals surface area (Å²) in [6.07, 6.45) is 1.59. The van der Waals surface area contributed by atoms with Gasteiger partial charge < -0.3 is 10.1 Å². The van der Waals surface area contributed by atoms with Crippen LogP contribution in [0.4, 0.5) is 10.5 Å². The number of rotatable bonds is 7. The molecule has 1 aliphatic rings. The van der Waals surface area contributed by atoms with Crippen LogP contribution in [0.5, 0.6) is 5.75 Å². The molecule has 1 N–H and O–H groups in total. The minimum Gasteiger partial charge on any atom is -0.483 e. The normalized spacial score (nSPS) is 14.5. The molecule has 6 nitrogen and oxygen atoms in total. The van der Waals surface area contributed by atoms with E-state index in [4.69, 9.17) is 27.9 Å². The molecular weight excluding hydrogens is 495 g/mol. The summed E-state index contributed by atoms with van der Waals surface area (Å²) in [6.45, 7) is -0.104. The molecule has 172 valence electrons. The summed E-state index contributed by atoms with van der Waals surface area (Å²) in [5.41, 5.74) is 1.85. The van der Waals surface area contributed by atoms with Crippen LogP contribution in [0.2, 0.25) is 10.0 Å². The Hall–Kier alpha value is -3.26. The van der Waals surface area contributed by atoms with Crippen molar-refractivity contribution in [3.63, 3.8) is 0 Å². The molecule has 3 aromatic rings. The Balaban J connectivity index is 1.44. The lowest BCUT2D eigenvalue weighted by Crippen LogP contribution is -2.27. The highest BCUT2D eigenvalue weighted by atomic mass is 35.5. The average molecular weight is 513 g/mol. The molecule has 0 bridgehead atoms. The van der Waals surface area contributed by atoms with Gasteiger partial charge in [-0.15, -0.1) is 0 Å². The Morgan fingerprint density at radius 2 is 1.68 bits per heavy atom. The van der Waals surface area contributed by atoms with Crippen LogP contribution in [0.3, 0.4) is 0 Å². The van der Waals surface area contributed by atoms with Gasteiger partial charge in [-0.3, -0.25) is 19.3 Å². The van der Waals surface area contributed by atoms with Crippen molar-refractivity contribution in [2.45, 2.75) is 6.54 Å². The van der Waals surface area contributed by atoms with E-state index in [0.717, 1.165) is 17.3 Å². The van der Waals surface area contributed by atoms with Crippen LogP contribution >= 0.6 is 35.0 Å². The van der Waals surface area contributed by atoms with Crippen molar-refractivity contribution in [3.05, 3.63) is 98.9 Å². The van der Waals surface area contributed by atoms with Gasteiger partial charge >= 0.3 is 0 Å². The van der Waals surface area contributed by atoms with E-state index in [2.05, 4.69) is 5.32 Å². The zero-order chi connectivity index (χ0) is 24.1. The van der Waals surface area contributed by atoms with Crippen LogP contribution < -0.4 is 10.1 Å². The average Bonchev–Trinajstić information content (AvgIpc) is 3.08. The van der Waals surface area contributed by atoms with Gasteiger partial charge in [0.25, 0.3) is 17.1 Å². The number of nitrogens with one attached hydrogen (secondary N) is 1. The van der Waals surface area contributed by atoms with Gasteiger partial charge in [-0.2, -0.15) is 0 Å². The number of amides is 3. The first-order chi connectivity index (χ1) is 16.4. The first-order valence-corrected chi connectivity index (χ1v) is 11.7. The van der Waals surface area contributed by atoms with Crippen molar-refractivity contribution in [2.75, 3.05) is 11.9 Å². The van der Waals surface area contributed by atoms with Crippen LogP contribution in [0.1, 0.15) is 11.1 Å². The van der Waals surface area contributed by atoms with Crippen LogP contribution in [-0.4, -0.2) is 28.6 Å². The van der Waals surface area contributed by atoms with E-state index in [9.17, 15) is 14.4 Å². The second-order valence-corrected chi connectivity index (χ2v) is 9.09. The third-order valence-electron chi connectivity index (χ3n) is 4.84. The van der Waals surface area contributed by atoms with E-state index in [1.807, 2.05) is 0 Å². The summed E-state index contributed by atoms with van der Waals surface area (Å²) in [6, 6.07) is 20.8. The maximum atomic E-state index is 12.9. The number of imide groups is 1. The minimum absolute atomic E-state index is 0.152. The number of halogens is 2. The predicted molar refractivity (Wildman–Crippen MR) is 135 cm³/mol. The number of hydrogen-bond donors (Lipinski definition) is 1. The molecule has 0 unspecified atom stereocenters. The van der Waals surface area contributed by atoms with Crippen LogP contribution in [0, 0.1) is 0 Å². The minimum atomic E-state index is -0.392. The Morgan fingerprint density at radius 1 is 0.971 bits per heavy atom. The number of thioether (sulfide) groups is 1. The largest absolute Gasteiger partial charge is 0.483 e. The van der Waals surface area contributed by atoms with Crippen LogP contribution in [0.15, 0.2) is 77.7 Å². The van der Waals surface area contributed by atoms with E-state index in [0.29, 0.717) is 27.0 Å². The molecule has 0 spiro atoms. The maximum absolute atomic E-state index is 12.9. The van der Waals surface area contributed by atoms with Gasteiger partial charge in [0.05, 0.1) is 22.2 Å². The standard InChI is InChI=1S/C25H18Cl2N2O4S/c26-18-11-9-16(10-12-18)14-29-24(31)22(34-25(29)32)13-17-5-1-4-8-21(17)33-15-23(30)28-20-7-3-2-6-19(20)27/h1-13H,14-15H2,(H,28,30)/b22-13-. The summed E-state index contributed by atoms with van der Waals surface area (Å²) in [5, 5.41) is 3.33. The lowest BCUT2D eigenvalue weighted by atomic mass is 10.1. The molecule has 0 radical (unpaired) electrons. The Bertz CT molecular complexity index is 1280. The van der Waals surface area contributed by atoms with Gasteiger partial charge in [-0.25, -0.2) is 0 Å². The molecule has 0 saturated carbocycles. The summed E-state index contributed by atoms with van der Waals surface area (Å²) >= 11 is 12.8. The molecule has 1 heterocycles. The highest BCUT2D eigenvalue weighted by Crippen LogP contribution is 2.35. The maximum Gasteiger partial charge on any atom is 0.293 e. The predicted octanol–water partition coefficient (Wildman–Crippen LogP) is 6.25. The molecule has 1 saturated heterocycles. The lowest BCUT2D eigenvalue weighted by Gasteiger charge is -2.12. The third-order valence-corrected chi connectivity index (χ3v) is 6.33. The molecule has 3 aromatic carbocycles. The Kier molecular flexibility index (Phi) is 7.57. The summed E-state index contributed by atoms with van der Waals surface area (Å²) < 4.78 is 5.69. The smallest absolute Gasteiger partial charge is 0.293 e. The number of nitrogens with zero attached hydrogens (tertiary/aromatic N) is 1. The number of benzene rings is 3. The molecule has 1 aliphatic heterocycles. The number of para-hydroxylation sites is 2. The number of carbonyl (C=O) groups excluding carboxylic acids is 3. The third kappa shape index (κ3) is 5.80. The number of hydrogen-bond acceptors (Lipinski definition) is 5. The zero-order valence-corrected chi connectivity index (χ0v) is 20.0. The topological polar surface area (TPSA) is 75.7 Å². The summed E-state index contributed by atoms with van der Waals surface area (Å²) in [4.78, 5) is 39.1. The number of ether oxygens (including phenoxy) is 1. The number of anilines is 1. The van der Waals surface area contributed by atoms with Gasteiger partial charge in [0, 0.05) is 10.6 Å².